The third kappa shape index (κ3) is 3.31. The minimum Gasteiger partial charge on any atom is -0.458 e. The van der Waals surface area contributed by atoms with Gasteiger partial charge < -0.3 is 18.9 Å². The van der Waals surface area contributed by atoms with Crippen LogP contribution in [0.4, 0.5) is 0 Å². The van der Waals surface area contributed by atoms with Crippen LogP contribution in [0, 0.1) is 40.9 Å². The van der Waals surface area contributed by atoms with Crippen molar-refractivity contribution in [3.63, 3.8) is 0 Å². The number of allylic oxidation sites excluding steroid dienone is 2. The molecule has 228 valence electrons. The Morgan fingerprint density at radius 3 is 1.84 bits per heavy atom. The van der Waals surface area contributed by atoms with Crippen molar-refractivity contribution in [1.29, 1.82) is 0 Å². The second-order valence-corrected chi connectivity index (χ2v) is 13.9. The van der Waals surface area contributed by atoms with Gasteiger partial charge in [-0.15, -0.1) is 0 Å². The zero-order valence-corrected chi connectivity index (χ0v) is 24.8. The molecule has 7 rings (SSSR count). The van der Waals surface area contributed by atoms with Gasteiger partial charge in [-0.1, -0.05) is 37.5 Å². The van der Waals surface area contributed by atoms with E-state index in [-0.39, 0.29) is 55.1 Å². The molecule has 9 nitrogen and oxygen atoms in total. The first-order valence-corrected chi connectivity index (χ1v) is 15.4. The van der Waals surface area contributed by atoms with Gasteiger partial charge in [0.05, 0.1) is 5.41 Å². The molecule has 5 aliphatic carbocycles. The first kappa shape index (κ1) is 28.3. The first-order chi connectivity index (χ1) is 20.3. The van der Waals surface area contributed by atoms with E-state index in [0.29, 0.717) is 36.8 Å². The molecule has 5 saturated carbocycles. The third-order valence-electron chi connectivity index (χ3n) is 12.3. The second-order valence-electron chi connectivity index (χ2n) is 13.9. The summed E-state index contributed by atoms with van der Waals surface area (Å²) in [5.74, 6) is -4.79. The lowest BCUT2D eigenvalue weighted by Gasteiger charge is -2.51. The third-order valence-corrected chi connectivity index (χ3v) is 12.3. The lowest BCUT2D eigenvalue weighted by molar-refractivity contribution is -0.236. The normalized spacial score (nSPS) is 46.3. The van der Waals surface area contributed by atoms with Gasteiger partial charge in [-0.3, -0.25) is 14.4 Å². The van der Waals surface area contributed by atoms with Gasteiger partial charge in [0.1, 0.15) is 18.0 Å². The molecule has 1 spiro atoms. The molecule has 7 fully saturated rings. The molecule has 0 radical (unpaired) electrons. The lowest BCUT2D eigenvalue weighted by atomic mass is 9.59. The summed E-state index contributed by atoms with van der Waals surface area (Å²) >= 11 is 0. The highest BCUT2D eigenvalue weighted by molar-refractivity contribution is 5.94. The number of Topliss-reactive ketones (excluding diaryl/α,β-unsaturated/α-hetero) is 1. The second kappa shape index (κ2) is 9.02. The van der Waals surface area contributed by atoms with Crippen molar-refractivity contribution in [2.75, 3.05) is 0 Å². The maximum Gasteiger partial charge on any atom is 0.334 e. The molecule has 2 heterocycles. The van der Waals surface area contributed by atoms with E-state index in [4.69, 9.17) is 18.9 Å². The molecule has 0 bridgehead atoms. The highest BCUT2D eigenvalue weighted by atomic mass is 16.6. The smallest absolute Gasteiger partial charge is 0.334 e. The molecule has 9 heteroatoms. The Kier molecular flexibility index (Phi) is 5.93. The fraction of sp³-hybridized carbons (Fsp3) is 0.618. The van der Waals surface area contributed by atoms with Gasteiger partial charge >= 0.3 is 23.9 Å². The molecule has 7 aliphatic rings. The maximum atomic E-state index is 14.8. The fourth-order valence-corrected chi connectivity index (χ4v) is 10.9. The van der Waals surface area contributed by atoms with Crippen LogP contribution in [-0.2, 0) is 42.9 Å². The van der Waals surface area contributed by atoms with Gasteiger partial charge in [-0.05, 0) is 56.8 Å². The van der Waals surface area contributed by atoms with Gasteiger partial charge in [0.2, 0.25) is 0 Å². The zero-order valence-electron chi connectivity index (χ0n) is 24.8. The number of esters is 4. The number of ketones is 1. The molecule has 2 saturated heterocycles. The van der Waals surface area contributed by atoms with E-state index in [2.05, 4.69) is 26.3 Å². The Bertz CT molecular complexity index is 1450. The van der Waals surface area contributed by atoms with Crippen molar-refractivity contribution in [2.24, 2.45) is 40.9 Å². The summed E-state index contributed by atoms with van der Waals surface area (Å²) < 4.78 is 25.0. The van der Waals surface area contributed by atoms with E-state index >= 15 is 0 Å². The van der Waals surface area contributed by atoms with Crippen molar-refractivity contribution in [2.45, 2.75) is 88.6 Å². The van der Waals surface area contributed by atoms with E-state index in [0.717, 1.165) is 11.1 Å². The van der Waals surface area contributed by atoms with Crippen LogP contribution in [0.15, 0.2) is 48.6 Å². The number of rotatable bonds is 2. The summed E-state index contributed by atoms with van der Waals surface area (Å²) in [7, 11) is 0. The summed E-state index contributed by atoms with van der Waals surface area (Å²) in [6, 6.07) is 0. The Hall–Kier alpha value is -3.49. The van der Waals surface area contributed by atoms with Crippen LogP contribution in [0.2, 0.25) is 0 Å². The molecule has 43 heavy (non-hydrogen) atoms. The van der Waals surface area contributed by atoms with E-state index < -0.39 is 64.5 Å². The molecule has 11 atom stereocenters. The largest absolute Gasteiger partial charge is 0.458 e. The number of ether oxygens (including phenoxy) is 4. The molecule has 2 aliphatic heterocycles. The Morgan fingerprint density at radius 1 is 0.744 bits per heavy atom. The molecular formula is C34H38O9. The number of carbonyl (C=O) groups excluding carboxylic acids is 5. The molecule has 0 aromatic rings. The highest BCUT2D eigenvalue weighted by Crippen LogP contribution is 2.76. The zero-order chi connectivity index (χ0) is 30.8. The minimum absolute atomic E-state index is 0.111. The number of carbonyl (C=O) groups is 5. The Morgan fingerprint density at radius 2 is 1.28 bits per heavy atom. The monoisotopic (exact) mass is 590 g/mol. The van der Waals surface area contributed by atoms with Gasteiger partial charge in [-0.25, -0.2) is 9.59 Å². The number of fused-ring (bicyclic) bond motifs is 10. The van der Waals surface area contributed by atoms with Crippen molar-refractivity contribution in [1.82, 2.24) is 0 Å². The molecule has 0 aromatic carbocycles. The topological polar surface area (TPSA) is 122 Å². The average Bonchev–Trinajstić information content (AvgIpc) is 3.58. The summed E-state index contributed by atoms with van der Waals surface area (Å²) in [4.78, 5) is 66.9. The van der Waals surface area contributed by atoms with Crippen molar-refractivity contribution >= 4 is 29.7 Å². The average molecular weight is 591 g/mol. The summed E-state index contributed by atoms with van der Waals surface area (Å²) in [5, 5.41) is 0. The predicted octanol–water partition coefficient (Wildman–Crippen LogP) is 4.11. The summed E-state index contributed by atoms with van der Waals surface area (Å²) in [6.45, 7) is 19.5. The molecule has 0 N–H and O–H groups in total. The van der Waals surface area contributed by atoms with E-state index in [1.54, 1.807) is 0 Å². The van der Waals surface area contributed by atoms with Gasteiger partial charge in [0, 0.05) is 55.1 Å². The van der Waals surface area contributed by atoms with Gasteiger partial charge in [-0.2, -0.15) is 0 Å². The Labute approximate surface area is 250 Å². The lowest BCUT2D eigenvalue weighted by Crippen LogP contribution is -2.66. The molecular weight excluding hydrogens is 552 g/mol. The fourth-order valence-electron chi connectivity index (χ4n) is 10.9. The van der Waals surface area contributed by atoms with Crippen molar-refractivity contribution < 1.29 is 42.9 Å². The van der Waals surface area contributed by atoms with Crippen LogP contribution in [0.25, 0.3) is 0 Å². The SMILES string of the molecule is C=C1CC[C@H]2C(=C)C(=O)O[C@@H]2C2[C@H]1CC(=O)[C@]21CC[C@]2(OC(C)=O)[C@@H]3[C@H]4OC(=O)C(=C)[C@@H]4CCC(=C)[C@@H]3C[C@@]21OC(C)=O. The van der Waals surface area contributed by atoms with Gasteiger partial charge in [0.25, 0.3) is 0 Å². The van der Waals surface area contributed by atoms with Gasteiger partial charge in [0.15, 0.2) is 11.2 Å². The number of hydrogen-bond donors (Lipinski definition) is 0. The minimum atomic E-state index is -1.62. The Balaban J connectivity index is 1.49. The summed E-state index contributed by atoms with van der Waals surface area (Å²) in [6.07, 6.45) is 1.83. The standard InChI is InChI=1S/C34H38O9/c1-15-7-9-21-17(3)30(38)40-28(21)26-23(15)13-25(37)32(26)11-12-33(42-19(5)35)27-24(14-34(32,33)43-20(6)36)16(2)8-10-22-18(4)31(39)41-29(22)27/h21-24,26-29H,1-4,7-14H2,5-6H3/t21-,22-,23-,24-,26?,27-,28-,29-,32+,33-,34-/m0/s1. The highest BCUT2D eigenvalue weighted by Gasteiger charge is 2.87. The van der Waals surface area contributed by atoms with Crippen molar-refractivity contribution in [3.8, 4) is 0 Å². The molecule has 0 amide bonds. The van der Waals surface area contributed by atoms with E-state index in [9.17, 15) is 24.0 Å². The van der Waals surface area contributed by atoms with Crippen LogP contribution >= 0.6 is 0 Å². The number of hydrogen-bond acceptors (Lipinski definition) is 9. The molecule has 1 unspecified atom stereocenters. The quantitative estimate of drug-likeness (QED) is 0.202. The predicted molar refractivity (Wildman–Crippen MR) is 151 cm³/mol. The first-order valence-electron chi connectivity index (χ1n) is 15.4. The van der Waals surface area contributed by atoms with Crippen molar-refractivity contribution in [3.05, 3.63) is 48.6 Å². The maximum absolute atomic E-state index is 14.8. The summed E-state index contributed by atoms with van der Waals surface area (Å²) in [5.41, 5.74) is -1.94. The van der Waals surface area contributed by atoms with E-state index in [1.165, 1.54) is 13.8 Å². The van der Waals surface area contributed by atoms with Crippen LogP contribution < -0.4 is 0 Å². The van der Waals surface area contributed by atoms with Crippen LogP contribution in [0.1, 0.15) is 65.2 Å². The van der Waals surface area contributed by atoms with Crippen LogP contribution in [0.5, 0.6) is 0 Å². The van der Waals surface area contributed by atoms with Crippen LogP contribution in [0.3, 0.4) is 0 Å². The van der Waals surface area contributed by atoms with Crippen LogP contribution in [-0.4, -0.2) is 53.1 Å². The molecule has 0 aromatic heterocycles. The van der Waals surface area contributed by atoms with E-state index in [1.807, 2.05) is 0 Å².